The summed E-state index contributed by atoms with van der Waals surface area (Å²) in [4.78, 5) is 13.6. The Morgan fingerprint density at radius 2 is 2.62 bits per heavy atom. The van der Waals surface area contributed by atoms with Gasteiger partial charge in [-0.2, -0.15) is 4.68 Å². The minimum absolute atomic E-state index is 0.272. The number of aromatic amines is 1. The van der Waals surface area contributed by atoms with Crippen LogP contribution in [-0.2, 0) is 0 Å². The number of thiocarbonyl (C=S) groups is 1. The minimum Gasteiger partial charge on any atom is -0.357 e. The van der Waals surface area contributed by atoms with E-state index in [2.05, 4.69) is 22.0 Å². The predicted octanol–water partition coefficient (Wildman–Crippen LogP) is -0.212. The molecule has 0 aliphatic heterocycles. The third-order valence-corrected chi connectivity index (χ3v) is 1.64. The number of hydrogen-bond donors (Lipinski definition) is 2. The van der Waals surface area contributed by atoms with Crippen molar-refractivity contribution in [2.45, 2.75) is 6.92 Å². The van der Waals surface area contributed by atoms with E-state index in [9.17, 15) is 4.79 Å². The van der Waals surface area contributed by atoms with Gasteiger partial charge in [0, 0.05) is 6.54 Å². The fraction of sp³-hybridized carbons (Fsp3) is 0.286. The molecule has 0 radical (unpaired) electrons. The van der Waals surface area contributed by atoms with Crippen LogP contribution in [0, 0.1) is 6.92 Å². The van der Waals surface area contributed by atoms with Crippen LogP contribution in [0.2, 0.25) is 0 Å². The van der Waals surface area contributed by atoms with Gasteiger partial charge in [-0.1, -0.05) is 6.08 Å². The van der Waals surface area contributed by atoms with Crippen LogP contribution in [0.5, 0.6) is 0 Å². The largest absolute Gasteiger partial charge is 0.357 e. The summed E-state index contributed by atoms with van der Waals surface area (Å²) >= 11 is 4.91. The molecule has 0 amide bonds. The Balaban J connectivity index is 2.82. The Morgan fingerprint density at radius 3 is 3.08 bits per heavy atom. The van der Waals surface area contributed by atoms with E-state index in [0.29, 0.717) is 12.4 Å². The monoisotopic (exact) mass is 198 g/mol. The van der Waals surface area contributed by atoms with Crippen LogP contribution >= 0.6 is 12.2 Å². The van der Waals surface area contributed by atoms with Crippen LogP contribution < -0.4 is 11.0 Å². The van der Waals surface area contributed by atoms with Crippen molar-refractivity contribution in [1.82, 2.24) is 20.1 Å². The topological polar surface area (TPSA) is 62.7 Å². The normalized spacial score (nSPS) is 9.62. The molecule has 2 N–H and O–H groups in total. The first-order valence-electron chi connectivity index (χ1n) is 3.70. The molecule has 0 atom stereocenters. The van der Waals surface area contributed by atoms with Gasteiger partial charge in [0.25, 0.3) is 0 Å². The van der Waals surface area contributed by atoms with E-state index in [1.165, 1.54) is 0 Å². The summed E-state index contributed by atoms with van der Waals surface area (Å²) < 4.78 is 1.11. The van der Waals surface area contributed by atoms with Crippen molar-refractivity contribution in [2.75, 3.05) is 6.54 Å². The first kappa shape index (κ1) is 9.66. The van der Waals surface area contributed by atoms with Crippen LogP contribution in [0.4, 0.5) is 0 Å². The molecule has 70 valence electrons. The number of hydrogen-bond acceptors (Lipinski definition) is 3. The summed E-state index contributed by atoms with van der Waals surface area (Å²) in [7, 11) is 0. The van der Waals surface area contributed by atoms with Gasteiger partial charge in [-0.15, -0.1) is 11.7 Å². The molecule has 0 fully saturated rings. The average Bonchev–Trinajstić information content (AvgIpc) is 2.41. The van der Waals surface area contributed by atoms with Crippen LogP contribution in [0.3, 0.4) is 0 Å². The van der Waals surface area contributed by atoms with E-state index < -0.39 is 0 Å². The molecule has 0 aromatic carbocycles. The van der Waals surface area contributed by atoms with Gasteiger partial charge < -0.3 is 5.32 Å². The van der Waals surface area contributed by atoms with E-state index in [-0.39, 0.29) is 10.8 Å². The molecule has 6 heteroatoms. The first-order valence-corrected chi connectivity index (χ1v) is 4.11. The third-order valence-electron chi connectivity index (χ3n) is 1.32. The highest BCUT2D eigenvalue weighted by molar-refractivity contribution is 7.80. The zero-order valence-corrected chi connectivity index (χ0v) is 8.02. The van der Waals surface area contributed by atoms with Crippen molar-refractivity contribution in [3.63, 3.8) is 0 Å². The molecule has 0 aliphatic carbocycles. The quantitative estimate of drug-likeness (QED) is 0.510. The van der Waals surface area contributed by atoms with Crippen molar-refractivity contribution in [3.05, 3.63) is 29.0 Å². The number of H-pyrrole nitrogens is 1. The van der Waals surface area contributed by atoms with Crippen molar-refractivity contribution < 1.29 is 0 Å². The maximum Gasteiger partial charge on any atom is 0.350 e. The molecule has 0 saturated heterocycles. The SMILES string of the molecule is C=CCNC(=S)n1nc(C)[nH]c1=O. The molecule has 0 unspecified atom stereocenters. The van der Waals surface area contributed by atoms with E-state index in [4.69, 9.17) is 12.2 Å². The lowest BCUT2D eigenvalue weighted by molar-refractivity contribution is 0.844. The van der Waals surface area contributed by atoms with Crippen LogP contribution in [-0.4, -0.2) is 26.4 Å². The molecular formula is C7H10N4OS. The van der Waals surface area contributed by atoms with Gasteiger partial charge in [0.05, 0.1) is 0 Å². The third kappa shape index (κ3) is 2.25. The predicted molar refractivity (Wildman–Crippen MR) is 53.8 cm³/mol. The fourth-order valence-electron chi connectivity index (χ4n) is 0.800. The maximum absolute atomic E-state index is 11.1. The standard InChI is InChI=1S/C7H10N4OS/c1-3-4-8-7(13)11-6(12)9-5(2)10-11/h3H,1,4H2,2H3,(H,8,13)(H,9,10,12). The molecule has 0 saturated carbocycles. The molecule has 1 aromatic rings. The number of aromatic nitrogens is 3. The van der Waals surface area contributed by atoms with Crippen molar-refractivity contribution >= 4 is 17.3 Å². The highest BCUT2D eigenvalue weighted by Gasteiger charge is 2.04. The van der Waals surface area contributed by atoms with E-state index in [0.717, 1.165) is 4.68 Å². The lowest BCUT2D eigenvalue weighted by Crippen LogP contribution is -2.35. The van der Waals surface area contributed by atoms with Crippen LogP contribution in [0.25, 0.3) is 0 Å². The molecule has 13 heavy (non-hydrogen) atoms. The number of nitrogens with one attached hydrogen (secondary N) is 2. The van der Waals surface area contributed by atoms with Gasteiger partial charge in [0.2, 0.25) is 0 Å². The van der Waals surface area contributed by atoms with Gasteiger partial charge in [-0.3, -0.25) is 4.98 Å². The fourth-order valence-corrected chi connectivity index (χ4v) is 1.01. The number of nitrogens with zero attached hydrogens (tertiary/aromatic N) is 2. The molecule has 1 aromatic heterocycles. The van der Waals surface area contributed by atoms with Crippen molar-refractivity contribution in [2.24, 2.45) is 0 Å². The second kappa shape index (κ2) is 3.99. The summed E-state index contributed by atoms with van der Waals surface area (Å²) in [5.41, 5.74) is -0.334. The highest BCUT2D eigenvalue weighted by Crippen LogP contribution is 1.80. The molecule has 1 rings (SSSR count). The lowest BCUT2D eigenvalue weighted by atomic mass is 10.6. The van der Waals surface area contributed by atoms with E-state index >= 15 is 0 Å². The smallest absolute Gasteiger partial charge is 0.350 e. The Bertz CT molecular complexity index is 378. The lowest BCUT2D eigenvalue weighted by Gasteiger charge is -2.01. The minimum atomic E-state index is -0.334. The number of aryl methyl sites for hydroxylation is 1. The second-order valence-electron chi connectivity index (χ2n) is 2.40. The summed E-state index contributed by atoms with van der Waals surface area (Å²) in [6, 6.07) is 0. The van der Waals surface area contributed by atoms with Crippen LogP contribution in [0.1, 0.15) is 5.82 Å². The number of rotatable bonds is 2. The second-order valence-corrected chi connectivity index (χ2v) is 2.79. The molecule has 1 heterocycles. The van der Waals surface area contributed by atoms with Gasteiger partial charge in [0.1, 0.15) is 5.82 Å². The van der Waals surface area contributed by atoms with Crippen LogP contribution in [0.15, 0.2) is 17.4 Å². The van der Waals surface area contributed by atoms with Crippen molar-refractivity contribution in [1.29, 1.82) is 0 Å². The summed E-state index contributed by atoms with van der Waals surface area (Å²) in [6.45, 7) is 5.72. The average molecular weight is 198 g/mol. The molecule has 0 bridgehead atoms. The Morgan fingerprint density at radius 1 is 1.92 bits per heavy atom. The zero-order valence-electron chi connectivity index (χ0n) is 7.20. The zero-order chi connectivity index (χ0) is 9.84. The van der Waals surface area contributed by atoms with E-state index in [1.807, 2.05) is 0 Å². The molecule has 5 nitrogen and oxygen atoms in total. The summed E-state index contributed by atoms with van der Waals surface area (Å²) in [5.74, 6) is 0.535. The Labute approximate surface area is 80.5 Å². The Hall–Kier alpha value is -1.43. The first-order chi connectivity index (χ1) is 6.15. The van der Waals surface area contributed by atoms with E-state index in [1.54, 1.807) is 13.0 Å². The van der Waals surface area contributed by atoms with Gasteiger partial charge in [0.15, 0.2) is 5.11 Å². The Kier molecular flexibility index (Phi) is 2.97. The van der Waals surface area contributed by atoms with Gasteiger partial charge >= 0.3 is 5.69 Å². The maximum atomic E-state index is 11.1. The summed E-state index contributed by atoms with van der Waals surface area (Å²) in [5, 5.41) is 6.94. The molecule has 0 spiro atoms. The summed E-state index contributed by atoms with van der Waals surface area (Å²) in [6.07, 6.45) is 1.65. The molecular weight excluding hydrogens is 188 g/mol. The van der Waals surface area contributed by atoms with Crippen molar-refractivity contribution in [3.8, 4) is 0 Å². The molecule has 0 aliphatic rings. The highest BCUT2D eigenvalue weighted by atomic mass is 32.1. The van der Waals surface area contributed by atoms with Gasteiger partial charge in [-0.05, 0) is 19.1 Å². The van der Waals surface area contributed by atoms with Gasteiger partial charge in [-0.25, -0.2) is 4.79 Å².